The summed E-state index contributed by atoms with van der Waals surface area (Å²) < 4.78 is 1.31. The molecule has 0 saturated carbocycles. The van der Waals surface area contributed by atoms with Gasteiger partial charge in [0, 0.05) is 5.02 Å². The molecule has 0 radical (unpaired) electrons. The number of benzene rings is 1. The number of hydrogen-bond donors (Lipinski definition) is 1. The summed E-state index contributed by atoms with van der Waals surface area (Å²) in [4.78, 5) is 33.7. The Morgan fingerprint density at radius 1 is 1.16 bits per heavy atom. The summed E-state index contributed by atoms with van der Waals surface area (Å²) in [6.07, 6.45) is 4.31. The van der Waals surface area contributed by atoms with Crippen LogP contribution >= 0.6 is 11.6 Å². The molecule has 0 bridgehead atoms. The highest BCUT2D eigenvalue weighted by atomic mass is 35.5. The van der Waals surface area contributed by atoms with Crippen LogP contribution in [0, 0.1) is 0 Å². The lowest BCUT2D eigenvalue weighted by Crippen LogP contribution is -2.29. The van der Waals surface area contributed by atoms with E-state index < -0.39 is 11.2 Å². The van der Waals surface area contributed by atoms with Gasteiger partial charge in [-0.25, -0.2) is 14.8 Å². The van der Waals surface area contributed by atoms with Crippen LogP contribution in [-0.2, 0) is 0 Å². The van der Waals surface area contributed by atoms with Crippen molar-refractivity contribution in [2.75, 3.05) is 0 Å². The second kappa shape index (κ2) is 4.33. The van der Waals surface area contributed by atoms with Crippen molar-refractivity contribution >= 4 is 22.5 Å². The molecule has 0 unspecified atom stereocenters. The lowest BCUT2D eigenvalue weighted by atomic mass is 10.2. The Kier molecular flexibility index (Phi) is 2.64. The molecular weight excluding hydrogens is 268 g/mol. The molecule has 94 valence electrons. The second-order valence-corrected chi connectivity index (χ2v) is 4.29. The van der Waals surface area contributed by atoms with Crippen LogP contribution in [-0.4, -0.2) is 19.5 Å². The lowest BCUT2D eigenvalue weighted by molar-refractivity contribution is 0.924. The predicted molar refractivity (Wildman–Crippen MR) is 70.8 cm³/mol. The van der Waals surface area contributed by atoms with Crippen molar-refractivity contribution in [3.63, 3.8) is 0 Å². The van der Waals surface area contributed by atoms with Gasteiger partial charge < -0.3 is 0 Å². The van der Waals surface area contributed by atoms with E-state index in [-0.39, 0.29) is 0 Å². The maximum atomic E-state index is 12.0. The molecule has 1 N–H and O–H groups in total. The van der Waals surface area contributed by atoms with Crippen molar-refractivity contribution < 1.29 is 0 Å². The largest absolute Gasteiger partial charge is 0.333 e. The molecule has 0 atom stereocenters. The van der Waals surface area contributed by atoms with Crippen LogP contribution < -0.4 is 11.2 Å². The van der Waals surface area contributed by atoms with Crippen LogP contribution in [0.5, 0.6) is 0 Å². The molecule has 6 nitrogen and oxygen atoms in total. The maximum absolute atomic E-state index is 12.0. The predicted octanol–water partition coefficient (Wildman–Crippen LogP) is 1.12. The SMILES string of the molecule is O=c1[nH]c(=O)n(-c2cncnc2)c2cc(Cl)ccc12. The molecule has 2 heterocycles. The van der Waals surface area contributed by atoms with Gasteiger partial charge >= 0.3 is 5.69 Å². The van der Waals surface area contributed by atoms with Crippen molar-refractivity contribution in [2.24, 2.45) is 0 Å². The zero-order valence-electron chi connectivity index (χ0n) is 9.50. The van der Waals surface area contributed by atoms with Crippen LogP contribution in [0.1, 0.15) is 0 Å². The minimum absolute atomic E-state index is 0.368. The number of hydrogen-bond acceptors (Lipinski definition) is 4. The summed E-state index contributed by atoms with van der Waals surface area (Å²) in [5.41, 5.74) is -0.147. The molecule has 0 aliphatic heterocycles. The molecule has 3 rings (SSSR count). The normalized spacial score (nSPS) is 10.8. The smallest absolute Gasteiger partial charge is 0.273 e. The van der Waals surface area contributed by atoms with Crippen LogP contribution in [0.25, 0.3) is 16.6 Å². The molecule has 7 heteroatoms. The monoisotopic (exact) mass is 274 g/mol. The van der Waals surface area contributed by atoms with E-state index in [1.165, 1.54) is 23.3 Å². The average Bonchev–Trinajstić information content (AvgIpc) is 2.39. The number of H-pyrrole nitrogens is 1. The van der Waals surface area contributed by atoms with E-state index in [0.29, 0.717) is 21.6 Å². The molecule has 0 amide bonds. The average molecular weight is 275 g/mol. The first kappa shape index (κ1) is 11.6. The summed E-state index contributed by atoms with van der Waals surface area (Å²) in [6, 6.07) is 4.71. The third-order valence-electron chi connectivity index (χ3n) is 2.67. The Labute approximate surface area is 111 Å². The maximum Gasteiger partial charge on any atom is 0.333 e. The molecule has 19 heavy (non-hydrogen) atoms. The number of nitrogens with one attached hydrogen (secondary N) is 1. The number of aromatic amines is 1. The number of nitrogens with zero attached hydrogens (tertiary/aromatic N) is 3. The fraction of sp³-hybridized carbons (Fsp3) is 0. The van der Waals surface area contributed by atoms with E-state index in [0.717, 1.165) is 0 Å². The molecule has 1 aromatic carbocycles. The molecule has 2 aromatic heterocycles. The summed E-state index contributed by atoms with van der Waals surface area (Å²) in [6.45, 7) is 0. The fourth-order valence-corrected chi connectivity index (χ4v) is 2.04. The van der Waals surface area contributed by atoms with Crippen molar-refractivity contribution in [1.29, 1.82) is 0 Å². The van der Waals surface area contributed by atoms with Crippen molar-refractivity contribution in [3.8, 4) is 5.69 Å². The Morgan fingerprint density at radius 3 is 2.63 bits per heavy atom. The molecule has 0 fully saturated rings. The minimum atomic E-state index is -0.561. The number of aromatic nitrogens is 4. The van der Waals surface area contributed by atoms with Gasteiger partial charge in [-0.15, -0.1) is 0 Å². The van der Waals surface area contributed by atoms with Crippen molar-refractivity contribution in [1.82, 2.24) is 19.5 Å². The van der Waals surface area contributed by atoms with Gasteiger partial charge in [-0.1, -0.05) is 11.6 Å². The third-order valence-corrected chi connectivity index (χ3v) is 2.91. The van der Waals surface area contributed by atoms with E-state index in [2.05, 4.69) is 15.0 Å². The van der Waals surface area contributed by atoms with Gasteiger partial charge in [-0.3, -0.25) is 14.3 Å². The molecule has 3 aromatic rings. The Balaban J connectivity index is 2.51. The first-order chi connectivity index (χ1) is 9.16. The van der Waals surface area contributed by atoms with Gasteiger partial charge in [0.1, 0.15) is 6.33 Å². The molecule has 0 aliphatic rings. The van der Waals surface area contributed by atoms with Crippen LogP contribution in [0.2, 0.25) is 5.02 Å². The van der Waals surface area contributed by atoms with E-state index >= 15 is 0 Å². The summed E-state index contributed by atoms with van der Waals surface area (Å²) in [5, 5.41) is 0.802. The first-order valence-corrected chi connectivity index (χ1v) is 5.74. The summed E-state index contributed by atoms with van der Waals surface area (Å²) in [5.74, 6) is 0. The Bertz CT molecular complexity index is 870. The highest BCUT2D eigenvalue weighted by Crippen LogP contribution is 2.17. The molecule has 0 aliphatic carbocycles. The standard InChI is InChI=1S/C12H7ClN4O2/c13-7-1-2-9-10(3-7)17(12(19)16-11(9)18)8-4-14-6-15-5-8/h1-6H,(H,16,18,19). The minimum Gasteiger partial charge on any atom is -0.273 e. The fourth-order valence-electron chi connectivity index (χ4n) is 1.87. The van der Waals surface area contributed by atoms with E-state index in [9.17, 15) is 9.59 Å². The van der Waals surface area contributed by atoms with E-state index in [1.807, 2.05) is 0 Å². The highest BCUT2D eigenvalue weighted by Gasteiger charge is 2.09. The first-order valence-electron chi connectivity index (χ1n) is 5.37. The molecule has 0 spiro atoms. The van der Waals surface area contributed by atoms with Crippen LogP contribution in [0.15, 0.2) is 46.5 Å². The van der Waals surface area contributed by atoms with Crippen LogP contribution in [0.3, 0.4) is 0 Å². The number of fused-ring (bicyclic) bond motifs is 1. The van der Waals surface area contributed by atoms with Crippen molar-refractivity contribution in [3.05, 3.63) is 62.8 Å². The number of rotatable bonds is 1. The van der Waals surface area contributed by atoms with Gasteiger partial charge in [0.15, 0.2) is 0 Å². The van der Waals surface area contributed by atoms with E-state index in [4.69, 9.17) is 11.6 Å². The molecular formula is C12H7ClN4O2. The summed E-state index contributed by atoms with van der Waals surface area (Å²) >= 11 is 5.92. The third kappa shape index (κ3) is 1.92. The van der Waals surface area contributed by atoms with Gasteiger partial charge in [0.25, 0.3) is 5.56 Å². The van der Waals surface area contributed by atoms with Gasteiger partial charge in [-0.2, -0.15) is 0 Å². The highest BCUT2D eigenvalue weighted by molar-refractivity contribution is 6.31. The zero-order valence-corrected chi connectivity index (χ0v) is 10.3. The molecule has 0 saturated heterocycles. The van der Waals surface area contributed by atoms with Crippen LogP contribution in [0.4, 0.5) is 0 Å². The van der Waals surface area contributed by atoms with Gasteiger partial charge in [-0.05, 0) is 18.2 Å². The summed E-state index contributed by atoms with van der Waals surface area (Å²) in [7, 11) is 0. The van der Waals surface area contributed by atoms with Crippen molar-refractivity contribution in [2.45, 2.75) is 0 Å². The topological polar surface area (TPSA) is 80.6 Å². The second-order valence-electron chi connectivity index (χ2n) is 3.85. The quantitative estimate of drug-likeness (QED) is 0.721. The Morgan fingerprint density at radius 2 is 1.89 bits per heavy atom. The zero-order chi connectivity index (χ0) is 13.4. The lowest BCUT2D eigenvalue weighted by Gasteiger charge is -2.08. The Hall–Kier alpha value is -2.47. The number of halogens is 1. The van der Waals surface area contributed by atoms with Gasteiger partial charge in [0.05, 0.1) is 29.0 Å². The van der Waals surface area contributed by atoms with Gasteiger partial charge in [0.2, 0.25) is 0 Å². The van der Waals surface area contributed by atoms with E-state index in [1.54, 1.807) is 18.2 Å².